The van der Waals surface area contributed by atoms with Gasteiger partial charge in [0.15, 0.2) is 0 Å². The number of rotatable bonds is 3. The molecule has 0 spiro atoms. The Labute approximate surface area is 147 Å². The van der Waals surface area contributed by atoms with Gasteiger partial charge >= 0.3 is 0 Å². The second kappa shape index (κ2) is 6.82. The molecule has 0 aliphatic carbocycles. The molecule has 6 heteroatoms. The molecule has 1 aromatic heterocycles. The van der Waals surface area contributed by atoms with E-state index in [1.165, 1.54) is 0 Å². The van der Waals surface area contributed by atoms with E-state index in [-0.39, 0.29) is 17.9 Å². The van der Waals surface area contributed by atoms with Crippen LogP contribution in [0.1, 0.15) is 22.9 Å². The highest BCUT2D eigenvalue weighted by atomic mass is 16.5. The number of ether oxygens (including phenoxy) is 1. The predicted molar refractivity (Wildman–Crippen MR) is 93.7 cm³/mol. The summed E-state index contributed by atoms with van der Waals surface area (Å²) in [5.41, 5.74) is 9.71. The van der Waals surface area contributed by atoms with Gasteiger partial charge in [0.1, 0.15) is 5.75 Å². The number of pyridine rings is 1. The topological polar surface area (TPSA) is 66.5 Å². The van der Waals surface area contributed by atoms with Crippen LogP contribution >= 0.6 is 0 Å². The molecule has 0 bridgehead atoms. The van der Waals surface area contributed by atoms with Gasteiger partial charge in [-0.15, -0.1) is 0 Å². The fourth-order valence-corrected chi connectivity index (χ4v) is 3.67. The van der Waals surface area contributed by atoms with Crippen molar-refractivity contribution in [3.63, 3.8) is 0 Å². The first-order chi connectivity index (χ1) is 12.3. The van der Waals surface area contributed by atoms with Crippen molar-refractivity contribution in [3.8, 4) is 5.75 Å². The van der Waals surface area contributed by atoms with Gasteiger partial charge in [-0.25, -0.2) is 5.43 Å². The van der Waals surface area contributed by atoms with E-state index in [0.29, 0.717) is 13.1 Å². The Morgan fingerprint density at radius 2 is 2.24 bits per heavy atom. The van der Waals surface area contributed by atoms with E-state index in [2.05, 4.69) is 21.9 Å². The van der Waals surface area contributed by atoms with E-state index < -0.39 is 0 Å². The number of amides is 1. The number of hydrazine groups is 1. The Morgan fingerprint density at radius 1 is 1.32 bits per heavy atom. The average Bonchev–Trinajstić information content (AvgIpc) is 3.17. The molecule has 2 aliphatic rings. The minimum atomic E-state index is -0.134. The van der Waals surface area contributed by atoms with E-state index in [1.807, 2.05) is 41.4 Å². The maximum atomic E-state index is 13.1. The van der Waals surface area contributed by atoms with Gasteiger partial charge in [-0.2, -0.15) is 0 Å². The Balaban J connectivity index is 1.53. The summed E-state index contributed by atoms with van der Waals surface area (Å²) in [6.45, 7) is 1.99. The van der Waals surface area contributed by atoms with Crippen molar-refractivity contribution < 1.29 is 9.53 Å². The number of carbonyl (C=O) groups excluding carboxylic acids is 1. The molecule has 1 saturated heterocycles. The monoisotopic (exact) mass is 338 g/mol. The van der Waals surface area contributed by atoms with Crippen molar-refractivity contribution >= 4 is 5.91 Å². The van der Waals surface area contributed by atoms with Gasteiger partial charge in [-0.3, -0.25) is 15.2 Å². The minimum absolute atomic E-state index is 0.0575. The van der Waals surface area contributed by atoms with E-state index in [9.17, 15) is 4.79 Å². The van der Waals surface area contributed by atoms with Crippen molar-refractivity contribution in [1.29, 1.82) is 0 Å². The number of benzene rings is 1. The summed E-state index contributed by atoms with van der Waals surface area (Å²) in [4.78, 5) is 19.5. The number of methoxy groups -OCH3 is 1. The molecule has 3 heterocycles. The molecular formula is C19H22N4O2. The summed E-state index contributed by atoms with van der Waals surface area (Å²) >= 11 is 0. The highest BCUT2D eigenvalue weighted by molar-refractivity contribution is 5.80. The first-order valence-electron chi connectivity index (χ1n) is 8.60. The van der Waals surface area contributed by atoms with Gasteiger partial charge in [0.2, 0.25) is 5.91 Å². The Morgan fingerprint density at radius 3 is 3.12 bits per heavy atom. The molecule has 0 radical (unpaired) electrons. The van der Waals surface area contributed by atoms with Gasteiger partial charge in [-0.05, 0) is 29.3 Å². The first-order valence-corrected chi connectivity index (χ1v) is 8.60. The van der Waals surface area contributed by atoms with Gasteiger partial charge in [0.25, 0.3) is 0 Å². The van der Waals surface area contributed by atoms with Crippen molar-refractivity contribution in [3.05, 3.63) is 59.4 Å². The predicted octanol–water partition coefficient (Wildman–Crippen LogP) is 1.44. The van der Waals surface area contributed by atoms with Crippen LogP contribution < -0.4 is 15.6 Å². The molecule has 2 aliphatic heterocycles. The van der Waals surface area contributed by atoms with Crippen LogP contribution in [0.25, 0.3) is 0 Å². The molecule has 1 fully saturated rings. The zero-order chi connectivity index (χ0) is 17.2. The highest BCUT2D eigenvalue weighted by Gasteiger charge is 2.37. The van der Waals surface area contributed by atoms with Crippen LogP contribution in [-0.4, -0.2) is 36.0 Å². The summed E-state index contributed by atoms with van der Waals surface area (Å²) in [7, 11) is 1.65. The zero-order valence-electron chi connectivity index (χ0n) is 14.2. The summed E-state index contributed by atoms with van der Waals surface area (Å²) < 4.78 is 5.32. The molecule has 2 atom stereocenters. The van der Waals surface area contributed by atoms with Gasteiger partial charge in [-0.1, -0.05) is 18.2 Å². The fraction of sp³-hybridized carbons (Fsp3) is 0.368. The lowest BCUT2D eigenvalue weighted by molar-refractivity contribution is -0.136. The normalized spacial score (nSPS) is 22.5. The largest absolute Gasteiger partial charge is 0.497 e. The van der Waals surface area contributed by atoms with Crippen LogP contribution in [0.15, 0.2) is 42.6 Å². The second-order valence-corrected chi connectivity index (χ2v) is 6.51. The number of nitrogens with zero attached hydrogens (tertiary/aromatic N) is 2. The Bertz CT molecular complexity index is 780. The molecule has 130 valence electrons. The van der Waals surface area contributed by atoms with Gasteiger partial charge < -0.3 is 9.64 Å². The Hall–Kier alpha value is -2.44. The highest BCUT2D eigenvalue weighted by Crippen LogP contribution is 2.30. The van der Waals surface area contributed by atoms with E-state index in [1.54, 1.807) is 7.11 Å². The van der Waals surface area contributed by atoms with Crippen LogP contribution in [0.2, 0.25) is 0 Å². The van der Waals surface area contributed by atoms with Crippen molar-refractivity contribution in [2.45, 2.75) is 19.0 Å². The third kappa shape index (κ3) is 3.10. The number of nitrogens with one attached hydrogen (secondary N) is 2. The quantitative estimate of drug-likeness (QED) is 0.886. The van der Waals surface area contributed by atoms with Crippen LogP contribution in [0.4, 0.5) is 0 Å². The number of aromatic nitrogens is 1. The van der Waals surface area contributed by atoms with Gasteiger partial charge in [0, 0.05) is 37.9 Å². The van der Waals surface area contributed by atoms with E-state index in [0.717, 1.165) is 35.5 Å². The molecule has 2 aromatic rings. The van der Waals surface area contributed by atoms with E-state index in [4.69, 9.17) is 4.74 Å². The molecule has 0 saturated carbocycles. The molecular weight excluding hydrogens is 316 g/mol. The van der Waals surface area contributed by atoms with Crippen LogP contribution in [0, 0.1) is 5.92 Å². The third-order valence-electron chi connectivity index (χ3n) is 5.03. The Kier molecular flexibility index (Phi) is 4.38. The number of carbonyl (C=O) groups is 1. The molecule has 4 rings (SSSR count). The van der Waals surface area contributed by atoms with Crippen LogP contribution in [0.3, 0.4) is 0 Å². The lowest BCUT2D eigenvalue weighted by atomic mass is 9.92. The van der Waals surface area contributed by atoms with Gasteiger partial charge in [0.05, 0.1) is 19.1 Å². The maximum absolute atomic E-state index is 13.1. The summed E-state index contributed by atoms with van der Waals surface area (Å²) in [5, 5.41) is 0. The van der Waals surface area contributed by atoms with Crippen molar-refractivity contribution in [2.75, 3.05) is 20.2 Å². The number of hydrogen-bond acceptors (Lipinski definition) is 5. The molecule has 1 amide bonds. The fourth-order valence-electron chi connectivity index (χ4n) is 3.67. The molecule has 6 nitrogen and oxygen atoms in total. The average molecular weight is 338 g/mol. The molecule has 1 aromatic carbocycles. The standard InChI is InChI=1S/C19H22N4O2/c1-25-15-6-2-4-13(10-15)18-16(11-21-22-18)19(24)23-9-7-17-14(12-23)5-3-8-20-17/h2-6,8,10,16,18,21-22H,7,9,11-12H2,1H3. The molecule has 2 N–H and O–H groups in total. The zero-order valence-corrected chi connectivity index (χ0v) is 14.2. The number of fused-ring (bicyclic) bond motifs is 1. The SMILES string of the molecule is COc1cccc(C2NNCC2C(=O)N2CCc3ncccc3C2)c1. The summed E-state index contributed by atoms with van der Waals surface area (Å²) in [6, 6.07) is 11.8. The van der Waals surface area contributed by atoms with E-state index >= 15 is 0 Å². The van der Waals surface area contributed by atoms with Crippen LogP contribution in [0.5, 0.6) is 5.75 Å². The van der Waals surface area contributed by atoms with Crippen molar-refractivity contribution in [2.24, 2.45) is 5.92 Å². The smallest absolute Gasteiger partial charge is 0.229 e. The number of hydrogen-bond donors (Lipinski definition) is 2. The van der Waals surface area contributed by atoms with Crippen LogP contribution in [-0.2, 0) is 17.8 Å². The maximum Gasteiger partial charge on any atom is 0.229 e. The lowest BCUT2D eigenvalue weighted by Crippen LogP contribution is -2.42. The second-order valence-electron chi connectivity index (χ2n) is 6.51. The minimum Gasteiger partial charge on any atom is -0.497 e. The summed E-state index contributed by atoms with van der Waals surface area (Å²) in [5.74, 6) is 0.848. The lowest BCUT2D eigenvalue weighted by Gasteiger charge is -2.31. The molecule has 25 heavy (non-hydrogen) atoms. The summed E-state index contributed by atoms with van der Waals surface area (Å²) in [6.07, 6.45) is 2.64. The van der Waals surface area contributed by atoms with Crippen molar-refractivity contribution in [1.82, 2.24) is 20.7 Å². The molecule has 2 unspecified atom stereocenters. The third-order valence-corrected chi connectivity index (χ3v) is 5.03. The first kappa shape index (κ1) is 16.1.